The largest absolute Gasteiger partial charge is 0.497 e. The van der Waals surface area contributed by atoms with Gasteiger partial charge in [-0.2, -0.15) is 4.98 Å². The van der Waals surface area contributed by atoms with Gasteiger partial charge < -0.3 is 19.9 Å². The topological polar surface area (TPSA) is 76.5 Å². The summed E-state index contributed by atoms with van der Waals surface area (Å²) in [4.78, 5) is 7.93. The monoisotopic (exact) mass is 401 g/mol. The van der Waals surface area contributed by atoms with Crippen LogP contribution in [0.25, 0.3) is 0 Å². The van der Waals surface area contributed by atoms with Crippen molar-refractivity contribution in [2.24, 2.45) is 0 Å². The van der Waals surface area contributed by atoms with Crippen LogP contribution >= 0.6 is 11.6 Å². The van der Waals surface area contributed by atoms with Gasteiger partial charge in [-0.1, -0.05) is 42.5 Å². The average molecular weight is 402 g/mol. The van der Waals surface area contributed by atoms with E-state index in [1.54, 1.807) is 20.4 Å². The van der Waals surface area contributed by atoms with Gasteiger partial charge in [0.25, 0.3) is 0 Å². The lowest BCUT2D eigenvalue weighted by atomic mass is 10.2. The Morgan fingerprint density at radius 3 is 2.36 bits per heavy atom. The summed E-state index contributed by atoms with van der Waals surface area (Å²) in [5.41, 5.74) is 2.22. The minimum absolute atomic E-state index is 0.182. The fourth-order valence-electron chi connectivity index (χ4n) is 2.29. The number of aliphatic hydroxyl groups is 1. The van der Waals surface area contributed by atoms with Gasteiger partial charge >= 0.3 is 0 Å². The lowest BCUT2D eigenvalue weighted by molar-refractivity contribution is 0.299. The molecule has 0 spiro atoms. The molecule has 0 saturated carbocycles. The van der Waals surface area contributed by atoms with Gasteiger partial charge in [0.15, 0.2) is 11.6 Å². The molecule has 6 nitrogen and oxygen atoms in total. The smallest absolute Gasteiger partial charge is 0.224 e. The van der Waals surface area contributed by atoms with E-state index in [1.165, 1.54) is 5.56 Å². The van der Waals surface area contributed by atoms with E-state index in [4.69, 9.17) is 26.2 Å². The predicted octanol–water partition coefficient (Wildman–Crippen LogP) is 3.98. The number of benzene rings is 2. The summed E-state index contributed by atoms with van der Waals surface area (Å²) < 4.78 is 10.8. The second kappa shape index (κ2) is 11.8. The number of methoxy groups -OCH3 is 1. The maximum atomic E-state index is 8.52. The second-order valence-corrected chi connectivity index (χ2v) is 6.04. The average Bonchev–Trinajstić information content (AvgIpc) is 2.74. The molecule has 2 aromatic carbocycles. The first-order valence-corrected chi connectivity index (χ1v) is 9.15. The van der Waals surface area contributed by atoms with E-state index in [0.717, 1.165) is 17.7 Å². The normalized spacial score (nSPS) is 9.86. The van der Waals surface area contributed by atoms with Crippen LogP contribution in [0, 0.1) is 0 Å². The molecular formula is C21H24ClN3O3. The van der Waals surface area contributed by atoms with E-state index >= 15 is 0 Å². The van der Waals surface area contributed by atoms with Gasteiger partial charge in [-0.25, -0.2) is 4.98 Å². The van der Waals surface area contributed by atoms with E-state index in [-0.39, 0.29) is 11.9 Å². The lowest BCUT2D eigenvalue weighted by Gasteiger charge is -2.10. The molecule has 148 valence electrons. The van der Waals surface area contributed by atoms with Crippen molar-refractivity contribution in [3.05, 3.63) is 77.2 Å². The first-order valence-electron chi connectivity index (χ1n) is 8.77. The zero-order chi connectivity index (χ0) is 20.2. The number of anilines is 1. The number of hydrogen-bond acceptors (Lipinski definition) is 6. The lowest BCUT2D eigenvalue weighted by Crippen LogP contribution is -2.02. The fourth-order valence-corrected chi connectivity index (χ4v) is 2.42. The second-order valence-electron chi connectivity index (χ2n) is 5.70. The molecule has 28 heavy (non-hydrogen) atoms. The summed E-state index contributed by atoms with van der Waals surface area (Å²) >= 11 is 5.71. The van der Waals surface area contributed by atoms with E-state index < -0.39 is 0 Å². The third-order valence-corrected chi connectivity index (χ3v) is 3.94. The zero-order valence-corrected chi connectivity index (χ0v) is 16.7. The highest BCUT2D eigenvalue weighted by Crippen LogP contribution is 2.23. The molecule has 1 aromatic heterocycles. The first-order chi connectivity index (χ1) is 13.7. The maximum absolute atomic E-state index is 8.52. The molecule has 3 aromatic rings. The number of aromatic nitrogens is 2. The van der Waals surface area contributed by atoms with Crippen LogP contribution in [0.2, 0.25) is 5.28 Å². The Bertz CT molecular complexity index is 830. The molecule has 0 bridgehead atoms. The number of aliphatic hydroxyl groups excluding tert-OH is 1. The molecule has 0 amide bonds. The van der Waals surface area contributed by atoms with Crippen LogP contribution in [0.4, 0.5) is 5.82 Å². The molecule has 0 saturated heterocycles. The molecule has 3 rings (SSSR count). The molecule has 7 heteroatoms. The van der Waals surface area contributed by atoms with Crippen molar-refractivity contribution in [1.29, 1.82) is 0 Å². The third kappa shape index (κ3) is 7.06. The number of ether oxygens (including phenoxy) is 2. The minimum atomic E-state index is 0.182. The Morgan fingerprint density at radius 1 is 1.04 bits per heavy atom. The maximum Gasteiger partial charge on any atom is 0.224 e. The van der Waals surface area contributed by atoms with Crippen LogP contribution in [0.3, 0.4) is 0 Å². The zero-order valence-electron chi connectivity index (χ0n) is 15.9. The standard InChI is InChI=1S/C13H14ClN3O2.C8H10O/c1-15-12-11(7-16-13(14)17-12)19-8-9-3-5-10(18-2)6-4-9;9-7-6-8-4-2-1-3-5-8/h3-7H,8H2,1-2H3,(H,15,16,17);1-5,9H,6-7H2. The molecule has 1 heterocycles. The highest BCUT2D eigenvalue weighted by Gasteiger charge is 2.06. The van der Waals surface area contributed by atoms with Gasteiger partial charge in [-0.3, -0.25) is 0 Å². The fraction of sp³-hybridized carbons (Fsp3) is 0.238. The molecule has 0 aliphatic rings. The minimum Gasteiger partial charge on any atom is -0.497 e. The highest BCUT2D eigenvalue weighted by molar-refractivity contribution is 6.28. The molecule has 0 atom stereocenters. The number of nitrogens with zero attached hydrogens (tertiary/aromatic N) is 2. The molecule has 0 radical (unpaired) electrons. The summed E-state index contributed by atoms with van der Waals surface area (Å²) in [6.07, 6.45) is 2.31. The van der Waals surface area contributed by atoms with Gasteiger partial charge in [0.05, 0.1) is 13.3 Å². The van der Waals surface area contributed by atoms with Gasteiger partial charge in [-0.05, 0) is 41.3 Å². The van der Waals surface area contributed by atoms with Crippen molar-refractivity contribution >= 4 is 17.4 Å². The molecule has 0 fully saturated rings. The molecule has 0 unspecified atom stereocenters. The summed E-state index contributed by atoms with van der Waals surface area (Å²) in [5.74, 6) is 1.94. The van der Waals surface area contributed by atoms with Crippen molar-refractivity contribution in [1.82, 2.24) is 9.97 Å². The number of nitrogens with one attached hydrogen (secondary N) is 1. The molecule has 0 aliphatic heterocycles. The van der Waals surface area contributed by atoms with Crippen LogP contribution in [-0.4, -0.2) is 35.8 Å². The van der Waals surface area contributed by atoms with Crippen LogP contribution in [-0.2, 0) is 13.0 Å². The van der Waals surface area contributed by atoms with Crippen LogP contribution in [0.5, 0.6) is 11.5 Å². The Morgan fingerprint density at radius 2 is 1.75 bits per heavy atom. The van der Waals surface area contributed by atoms with Gasteiger partial charge in [0, 0.05) is 13.7 Å². The highest BCUT2D eigenvalue weighted by atomic mass is 35.5. The van der Waals surface area contributed by atoms with Gasteiger partial charge in [0.1, 0.15) is 12.4 Å². The van der Waals surface area contributed by atoms with E-state index in [0.29, 0.717) is 18.2 Å². The van der Waals surface area contributed by atoms with Crippen LogP contribution in [0.15, 0.2) is 60.8 Å². The number of halogens is 1. The van der Waals surface area contributed by atoms with Gasteiger partial charge in [0.2, 0.25) is 5.28 Å². The SMILES string of the molecule is CNc1nc(Cl)ncc1OCc1ccc(OC)cc1.OCCc1ccccc1. The van der Waals surface area contributed by atoms with Crippen molar-refractivity contribution < 1.29 is 14.6 Å². The molecule has 2 N–H and O–H groups in total. The van der Waals surface area contributed by atoms with Crippen molar-refractivity contribution in [3.63, 3.8) is 0 Å². The number of hydrogen-bond donors (Lipinski definition) is 2. The van der Waals surface area contributed by atoms with E-state index in [1.807, 2.05) is 54.6 Å². The molecule has 0 aliphatic carbocycles. The Balaban J connectivity index is 0.000000261. The number of rotatable bonds is 7. The van der Waals surface area contributed by atoms with Crippen LogP contribution < -0.4 is 14.8 Å². The third-order valence-electron chi connectivity index (χ3n) is 3.76. The Labute approximate surface area is 170 Å². The van der Waals surface area contributed by atoms with Crippen molar-refractivity contribution in [2.75, 3.05) is 26.1 Å². The van der Waals surface area contributed by atoms with Crippen molar-refractivity contribution in [3.8, 4) is 11.5 Å². The quantitative estimate of drug-likeness (QED) is 0.583. The predicted molar refractivity (Wildman–Crippen MR) is 111 cm³/mol. The van der Waals surface area contributed by atoms with Gasteiger partial charge in [-0.15, -0.1) is 0 Å². The summed E-state index contributed by atoms with van der Waals surface area (Å²) in [6, 6.07) is 17.6. The summed E-state index contributed by atoms with van der Waals surface area (Å²) in [5, 5.41) is 11.6. The first kappa shape index (κ1) is 21.5. The van der Waals surface area contributed by atoms with Crippen molar-refractivity contribution in [2.45, 2.75) is 13.0 Å². The Hall–Kier alpha value is -2.83. The van der Waals surface area contributed by atoms with Crippen LogP contribution in [0.1, 0.15) is 11.1 Å². The molecular weight excluding hydrogens is 378 g/mol. The van der Waals surface area contributed by atoms with E-state index in [9.17, 15) is 0 Å². The van der Waals surface area contributed by atoms with E-state index in [2.05, 4.69) is 15.3 Å². The summed E-state index contributed by atoms with van der Waals surface area (Å²) in [6.45, 7) is 0.660. The Kier molecular flexibility index (Phi) is 9.04. The summed E-state index contributed by atoms with van der Waals surface area (Å²) in [7, 11) is 3.38.